The van der Waals surface area contributed by atoms with Gasteiger partial charge in [-0.3, -0.25) is 14.5 Å². The first-order chi connectivity index (χ1) is 15.8. The molecule has 1 fully saturated rings. The van der Waals surface area contributed by atoms with Crippen LogP contribution in [-0.4, -0.2) is 50.9 Å². The third kappa shape index (κ3) is 5.09. The van der Waals surface area contributed by atoms with Gasteiger partial charge in [-0.15, -0.1) is 11.3 Å². The zero-order chi connectivity index (χ0) is 23.5. The number of benzene rings is 2. The number of aliphatic hydroxyl groups is 2. The summed E-state index contributed by atoms with van der Waals surface area (Å²) in [4.78, 5) is 31.2. The predicted molar refractivity (Wildman–Crippen MR) is 126 cm³/mol. The molecule has 1 saturated heterocycles. The minimum atomic E-state index is -1.21. The maximum Gasteiger partial charge on any atom is 0.304 e. The molecule has 172 valence electrons. The van der Waals surface area contributed by atoms with Crippen molar-refractivity contribution in [2.75, 3.05) is 11.4 Å². The summed E-state index contributed by atoms with van der Waals surface area (Å²) in [6.07, 6.45) is -2.67. The highest BCUT2D eigenvalue weighted by molar-refractivity contribution is 7.14. The second-order valence-corrected chi connectivity index (χ2v) is 9.28. The molecular formula is C24H23ClN2O5S. The highest BCUT2D eigenvalue weighted by atomic mass is 35.5. The Morgan fingerprint density at radius 1 is 1.09 bits per heavy atom. The van der Waals surface area contributed by atoms with Gasteiger partial charge in [0.05, 0.1) is 36.8 Å². The van der Waals surface area contributed by atoms with E-state index in [1.54, 1.807) is 41.8 Å². The SMILES string of the molecule is O=C(O)C[C@@H]1C(=O)N(c2nc(-c3ccccc3Cl)cs2)C[C@H](O)[C@H](O)C[C@@H]1c1ccccc1. The maximum absolute atomic E-state index is 13.7. The Kier molecular flexibility index (Phi) is 7.09. The number of carbonyl (C=O) groups is 2. The van der Waals surface area contributed by atoms with E-state index in [2.05, 4.69) is 4.98 Å². The van der Waals surface area contributed by atoms with Gasteiger partial charge >= 0.3 is 5.97 Å². The predicted octanol–water partition coefficient (Wildman–Crippen LogP) is 3.80. The first-order valence-corrected chi connectivity index (χ1v) is 11.8. The van der Waals surface area contributed by atoms with Crippen LogP contribution in [0.3, 0.4) is 0 Å². The molecular weight excluding hydrogens is 464 g/mol. The molecule has 0 spiro atoms. The summed E-state index contributed by atoms with van der Waals surface area (Å²) in [7, 11) is 0. The van der Waals surface area contributed by atoms with E-state index in [1.165, 1.54) is 16.2 Å². The first-order valence-electron chi connectivity index (χ1n) is 10.5. The number of hydrogen-bond donors (Lipinski definition) is 3. The van der Waals surface area contributed by atoms with Crippen molar-refractivity contribution in [3.8, 4) is 11.3 Å². The van der Waals surface area contributed by atoms with Crippen LogP contribution in [0.4, 0.5) is 5.13 Å². The van der Waals surface area contributed by atoms with E-state index in [0.29, 0.717) is 21.4 Å². The second kappa shape index (κ2) is 10.0. The Balaban J connectivity index is 1.74. The van der Waals surface area contributed by atoms with Crippen molar-refractivity contribution in [1.29, 1.82) is 0 Å². The molecule has 9 heteroatoms. The molecule has 0 bridgehead atoms. The van der Waals surface area contributed by atoms with Gasteiger partial charge in [-0.25, -0.2) is 4.98 Å². The van der Waals surface area contributed by atoms with Crippen LogP contribution < -0.4 is 4.90 Å². The van der Waals surface area contributed by atoms with Gasteiger partial charge < -0.3 is 15.3 Å². The summed E-state index contributed by atoms with van der Waals surface area (Å²) in [5.74, 6) is -3.07. The molecule has 2 heterocycles. The molecule has 4 rings (SSSR count). The lowest BCUT2D eigenvalue weighted by Crippen LogP contribution is -2.50. The maximum atomic E-state index is 13.7. The van der Waals surface area contributed by atoms with Crippen molar-refractivity contribution in [2.45, 2.75) is 31.0 Å². The van der Waals surface area contributed by atoms with Gasteiger partial charge in [-0.2, -0.15) is 0 Å². The Bertz CT molecular complexity index is 1140. The summed E-state index contributed by atoms with van der Waals surface area (Å²) >= 11 is 7.48. The number of aliphatic carboxylic acids is 1. The monoisotopic (exact) mass is 486 g/mol. The Labute approximate surface area is 199 Å². The number of halogens is 1. The van der Waals surface area contributed by atoms with Gasteiger partial charge in [0.1, 0.15) is 0 Å². The number of aliphatic hydroxyl groups excluding tert-OH is 2. The third-order valence-electron chi connectivity index (χ3n) is 5.87. The molecule has 0 unspecified atom stereocenters. The topological polar surface area (TPSA) is 111 Å². The lowest BCUT2D eigenvalue weighted by atomic mass is 9.77. The number of amides is 1. The second-order valence-electron chi connectivity index (χ2n) is 8.04. The number of hydrogen-bond acceptors (Lipinski definition) is 6. The molecule has 2 aromatic carbocycles. The number of β-amino-alcohol motifs (C(OH)–C–C–N with tert-alkyl or cyclic N) is 1. The van der Waals surface area contributed by atoms with Crippen molar-refractivity contribution in [3.63, 3.8) is 0 Å². The van der Waals surface area contributed by atoms with Crippen molar-refractivity contribution in [2.24, 2.45) is 5.92 Å². The molecule has 33 heavy (non-hydrogen) atoms. The van der Waals surface area contributed by atoms with E-state index in [0.717, 1.165) is 5.56 Å². The van der Waals surface area contributed by atoms with Gasteiger partial charge in [0.2, 0.25) is 5.91 Å². The van der Waals surface area contributed by atoms with E-state index in [1.807, 2.05) is 18.2 Å². The van der Waals surface area contributed by atoms with Crippen LogP contribution >= 0.6 is 22.9 Å². The summed E-state index contributed by atoms with van der Waals surface area (Å²) in [5, 5.41) is 33.4. The van der Waals surface area contributed by atoms with Crippen LogP contribution in [0.1, 0.15) is 24.3 Å². The molecule has 3 aromatic rings. The van der Waals surface area contributed by atoms with Gasteiger partial charge in [0.15, 0.2) is 5.13 Å². The number of anilines is 1. The number of carboxylic acid groups (broad SMARTS) is 1. The fraction of sp³-hybridized carbons (Fsp3) is 0.292. The van der Waals surface area contributed by atoms with Gasteiger partial charge in [-0.1, -0.05) is 60.1 Å². The molecule has 0 saturated carbocycles. The van der Waals surface area contributed by atoms with E-state index in [4.69, 9.17) is 11.6 Å². The fourth-order valence-electron chi connectivity index (χ4n) is 4.19. The zero-order valence-corrected chi connectivity index (χ0v) is 19.1. The zero-order valence-electron chi connectivity index (χ0n) is 17.5. The highest BCUT2D eigenvalue weighted by Crippen LogP contribution is 2.38. The number of thiazole rings is 1. The summed E-state index contributed by atoms with van der Waals surface area (Å²) < 4.78 is 0. The number of rotatable bonds is 5. The van der Waals surface area contributed by atoms with Crippen LogP contribution in [0, 0.1) is 5.92 Å². The van der Waals surface area contributed by atoms with E-state index >= 15 is 0 Å². The van der Waals surface area contributed by atoms with Crippen LogP contribution in [0.2, 0.25) is 5.02 Å². The van der Waals surface area contributed by atoms with Gasteiger partial charge in [-0.05, 0) is 24.0 Å². The smallest absolute Gasteiger partial charge is 0.304 e. The number of carbonyl (C=O) groups excluding carboxylic acids is 1. The van der Waals surface area contributed by atoms with Crippen LogP contribution in [-0.2, 0) is 9.59 Å². The van der Waals surface area contributed by atoms with Crippen molar-refractivity contribution in [3.05, 3.63) is 70.6 Å². The lowest BCUT2D eigenvalue weighted by molar-refractivity contribution is -0.141. The molecule has 7 nitrogen and oxygen atoms in total. The number of carboxylic acids is 1. The number of nitrogens with zero attached hydrogens (tertiary/aromatic N) is 2. The summed E-state index contributed by atoms with van der Waals surface area (Å²) in [6, 6.07) is 16.2. The normalized spacial score (nSPS) is 23.7. The van der Waals surface area contributed by atoms with E-state index in [-0.39, 0.29) is 13.0 Å². The Hall–Kier alpha value is -2.78. The molecule has 1 aliphatic rings. The largest absolute Gasteiger partial charge is 0.481 e. The minimum absolute atomic E-state index is 0.0749. The van der Waals surface area contributed by atoms with E-state index in [9.17, 15) is 24.9 Å². The highest BCUT2D eigenvalue weighted by Gasteiger charge is 2.41. The van der Waals surface area contributed by atoms with Crippen molar-refractivity contribution >= 4 is 39.9 Å². The molecule has 1 amide bonds. The lowest BCUT2D eigenvalue weighted by Gasteiger charge is -2.37. The summed E-state index contributed by atoms with van der Waals surface area (Å²) in [5.41, 5.74) is 2.01. The minimum Gasteiger partial charge on any atom is -0.481 e. The standard InChI is InChI=1S/C24H23ClN2O5S/c25-18-9-5-4-8-15(18)19-13-33-24(26-19)27-12-21(29)20(28)10-16(14-6-2-1-3-7-14)17(23(27)32)11-22(30)31/h1-9,13,16-17,20-21,28-29H,10-12H2,(H,30,31)/t16-,17+,20-,21+/m1/s1. The average Bonchev–Trinajstić information content (AvgIpc) is 3.28. The van der Waals surface area contributed by atoms with Crippen LogP contribution in [0.15, 0.2) is 60.0 Å². The Morgan fingerprint density at radius 3 is 2.48 bits per heavy atom. The van der Waals surface area contributed by atoms with Gasteiger partial charge in [0, 0.05) is 16.0 Å². The molecule has 4 atom stereocenters. The molecule has 1 aliphatic heterocycles. The van der Waals surface area contributed by atoms with Crippen molar-refractivity contribution in [1.82, 2.24) is 4.98 Å². The van der Waals surface area contributed by atoms with E-state index < -0.39 is 42.3 Å². The average molecular weight is 487 g/mol. The number of aromatic nitrogens is 1. The van der Waals surface area contributed by atoms with Crippen LogP contribution in [0.5, 0.6) is 0 Å². The third-order valence-corrected chi connectivity index (χ3v) is 7.07. The molecule has 0 radical (unpaired) electrons. The molecule has 0 aliphatic carbocycles. The first kappa shape index (κ1) is 23.4. The van der Waals surface area contributed by atoms with Gasteiger partial charge in [0.25, 0.3) is 0 Å². The quantitative estimate of drug-likeness (QED) is 0.506. The summed E-state index contributed by atoms with van der Waals surface area (Å²) in [6.45, 7) is -0.187. The van der Waals surface area contributed by atoms with Crippen LogP contribution in [0.25, 0.3) is 11.3 Å². The fourth-order valence-corrected chi connectivity index (χ4v) is 5.26. The molecule has 3 N–H and O–H groups in total. The molecule has 1 aromatic heterocycles. The Morgan fingerprint density at radius 2 is 1.79 bits per heavy atom. The van der Waals surface area contributed by atoms with Crippen molar-refractivity contribution < 1.29 is 24.9 Å².